The third kappa shape index (κ3) is 8.60. The number of ether oxygens (including phenoxy) is 1. The zero-order valence-corrected chi connectivity index (χ0v) is 30.1. The number of amides is 2. The summed E-state index contributed by atoms with van der Waals surface area (Å²) in [6.45, 7) is 0.893. The number of piperazine rings is 1. The number of esters is 1. The SMILES string of the molecule is COC(=O)CCc1cnc([C@@H]2C[C@H](N3CCN(CC(F)(F)F)CC3)CN2C(=O)Cc2cc(Cl)c(NC(=O)c3csc4ccccc34)cc2Cl)s1. The summed E-state index contributed by atoms with van der Waals surface area (Å²) in [7, 11) is 1.33. The Morgan fingerprint density at radius 3 is 2.58 bits per heavy atom. The van der Waals surface area contributed by atoms with Crippen molar-refractivity contribution >= 4 is 79.4 Å². The topological polar surface area (TPSA) is 95.1 Å². The van der Waals surface area contributed by atoms with Crippen LogP contribution in [0, 0.1) is 0 Å². The number of anilines is 1. The van der Waals surface area contributed by atoms with Gasteiger partial charge in [-0.1, -0.05) is 41.4 Å². The third-order valence-electron chi connectivity index (χ3n) is 9.04. The molecule has 2 amide bonds. The van der Waals surface area contributed by atoms with Gasteiger partial charge in [-0.05, 0) is 36.6 Å². The van der Waals surface area contributed by atoms with Crippen LogP contribution >= 0.6 is 45.9 Å². The highest BCUT2D eigenvalue weighted by Crippen LogP contribution is 2.39. The molecule has 2 saturated heterocycles. The molecule has 0 bridgehead atoms. The fraction of sp³-hybridized carbons (Fsp3) is 0.412. The van der Waals surface area contributed by atoms with Gasteiger partial charge in [-0.15, -0.1) is 22.7 Å². The van der Waals surface area contributed by atoms with Gasteiger partial charge in [-0.2, -0.15) is 13.2 Å². The summed E-state index contributed by atoms with van der Waals surface area (Å²) >= 11 is 16.2. The third-order valence-corrected chi connectivity index (χ3v) is 11.8. The maximum atomic E-state index is 14.0. The van der Waals surface area contributed by atoms with Crippen LogP contribution in [0.3, 0.4) is 0 Å². The molecule has 0 saturated carbocycles. The standard InChI is InChI=1S/C34H34Cl2F3N5O4S2/c1-48-31(46)7-6-22-16-40-33(50-22)28-14-21(43-10-8-42(9-11-43)19-34(37,38)39)17-44(28)30(45)13-20-12-26(36)27(15-25(20)35)41-32(47)24-18-49-29-5-3-2-4-23(24)29/h2-5,12,15-16,18,21,28H,6-11,13-14,17,19H2,1H3,(H,41,47)/t21-,28-/m0/s1. The van der Waals surface area contributed by atoms with Gasteiger partial charge in [0.05, 0.1) is 48.8 Å². The first-order chi connectivity index (χ1) is 23.9. The van der Waals surface area contributed by atoms with Crippen molar-refractivity contribution in [3.05, 3.63) is 79.0 Å². The van der Waals surface area contributed by atoms with Crippen molar-refractivity contribution in [2.45, 2.75) is 43.9 Å². The number of halogens is 5. The number of rotatable bonds is 10. The molecule has 2 atom stereocenters. The van der Waals surface area contributed by atoms with Gasteiger partial charge in [-0.25, -0.2) is 4.98 Å². The lowest BCUT2D eigenvalue weighted by molar-refractivity contribution is -0.150. The molecule has 2 aliphatic rings. The van der Waals surface area contributed by atoms with Gasteiger partial charge in [0, 0.05) is 70.3 Å². The lowest BCUT2D eigenvalue weighted by Crippen LogP contribution is -2.52. The largest absolute Gasteiger partial charge is 0.469 e. The van der Waals surface area contributed by atoms with E-state index in [1.807, 2.05) is 24.3 Å². The number of methoxy groups -OCH3 is 1. The van der Waals surface area contributed by atoms with E-state index in [1.165, 1.54) is 40.7 Å². The van der Waals surface area contributed by atoms with E-state index in [-0.39, 0.29) is 65.8 Å². The summed E-state index contributed by atoms with van der Waals surface area (Å²) in [5, 5.41) is 6.67. The normalized spacial score (nSPS) is 18.9. The highest BCUT2D eigenvalue weighted by atomic mass is 35.5. The smallest absolute Gasteiger partial charge is 0.401 e. The van der Waals surface area contributed by atoms with Crippen molar-refractivity contribution in [1.82, 2.24) is 19.7 Å². The number of nitrogens with one attached hydrogen (secondary N) is 1. The van der Waals surface area contributed by atoms with E-state index >= 15 is 0 Å². The number of hydrogen-bond acceptors (Lipinski definition) is 9. The molecule has 2 fully saturated rings. The Kier molecular flexibility index (Phi) is 11.4. The van der Waals surface area contributed by atoms with Gasteiger partial charge in [0.25, 0.3) is 5.91 Å². The maximum Gasteiger partial charge on any atom is 0.401 e. The number of likely N-dealkylation sites (tertiary alicyclic amines) is 1. The molecule has 4 heterocycles. The molecule has 4 aromatic rings. The van der Waals surface area contributed by atoms with Crippen molar-refractivity contribution < 1.29 is 32.3 Å². The number of alkyl halides is 3. The fourth-order valence-electron chi connectivity index (χ4n) is 6.47. The minimum Gasteiger partial charge on any atom is -0.469 e. The Morgan fingerprint density at radius 2 is 1.84 bits per heavy atom. The number of hydrogen-bond donors (Lipinski definition) is 1. The number of benzene rings is 2. The summed E-state index contributed by atoms with van der Waals surface area (Å²) in [5.41, 5.74) is 1.32. The minimum atomic E-state index is -4.26. The number of thiazole rings is 1. The number of fused-ring (bicyclic) bond motifs is 1. The van der Waals surface area contributed by atoms with Crippen molar-refractivity contribution in [3.8, 4) is 0 Å². The summed E-state index contributed by atoms with van der Waals surface area (Å²) in [6, 6.07) is 10.3. The van der Waals surface area contributed by atoms with Crippen molar-refractivity contribution in [3.63, 3.8) is 0 Å². The van der Waals surface area contributed by atoms with Crippen LogP contribution < -0.4 is 5.32 Å². The van der Waals surface area contributed by atoms with E-state index in [9.17, 15) is 27.6 Å². The number of nitrogens with zero attached hydrogens (tertiary/aromatic N) is 4. The Balaban J connectivity index is 1.17. The van der Waals surface area contributed by atoms with Crippen molar-refractivity contribution in [2.75, 3.05) is 51.7 Å². The van der Waals surface area contributed by atoms with Crippen molar-refractivity contribution in [1.29, 1.82) is 0 Å². The van der Waals surface area contributed by atoms with E-state index < -0.39 is 12.7 Å². The minimum absolute atomic E-state index is 0.0644. The van der Waals surface area contributed by atoms with E-state index in [2.05, 4.69) is 15.2 Å². The van der Waals surface area contributed by atoms with Crippen LogP contribution in [0.5, 0.6) is 0 Å². The average Bonchev–Trinajstić information content (AvgIpc) is 3.84. The Hall–Kier alpha value is -3.27. The molecule has 50 heavy (non-hydrogen) atoms. The highest BCUT2D eigenvalue weighted by Gasteiger charge is 2.42. The summed E-state index contributed by atoms with van der Waals surface area (Å²) < 4.78 is 44.7. The first-order valence-corrected chi connectivity index (χ1v) is 18.4. The van der Waals surface area contributed by atoms with E-state index in [1.54, 1.807) is 22.5 Å². The van der Waals surface area contributed by atoms with Crippen LogP contribution in [0.2, 0.25) is 10.0 Å². The quantitative estimate of drug-likeness (QED) is 0.172. The molecule has 2 aliphatic heterocycles. The summed E-state index contributed by atoms with van der Waals surface area (Å²) in [6.07, 6.45) is -1.40. The van der Waals surface area contributed by atoms with Gasteiger partial charge < -0.3 is 15.0 Å². The van der Waals surface area contributed by atoms with Crippen LogP contribution in [-0.2, 0) is 27.2 Å². The second-order valence-corrected chi connectivity index (χ2v) is 15.2. The molecule has 0 unspecified atom stereocenters. The fourth-order valence-corrected chi connectivity index (χ4v) is 8.92. The molecule has 266 valence electrons. The molecule has 9 nitrogen and oxygen atoms in total. The first kappa shape index (κ1) is 36.5. The molecule has 1 N–H and O–H groups in total. The molecule has 0 radical (unpaired) electrons. The van der Waals surface area contributed by atoms with Crippen LogP contribution in [0.1, 0.15) is 44.7 Å². The highest BCUT2D eigenvalue weighted by molar-refractivity contribution is 7.17. The second kappa shape index (κ2) is 15.5. The van der Waals surface area contributed by atoms with E-state index in [0.29, 0.717) is 49.3 Å². The van der Waals surface area contributed by atoms with E-state index in [0.717, 1.165) is 20.0 Å². The Bertz CT molecular complexity index is 1880. The maximum absolute atomic E-state index is 14.0. The molecule has 0 spiro atoms. The lowest BCUT2D eigenvalue weighted by atomic mass is 10.1. The Morgan fingerprint density at radius 1 is 1.08 bits per heavy atom. The second-order valence-electron chi connectivity index (χ2n) is 12.3. The summed E-state index contributed by atoms with van der Waals surface area (Å²) in [5.74, 6) is -0.869. The van der Waals surface area contributed by atoms with Crippen LogP contribution in [0.25, 0.3) is 10.1 Å². The van der Waals surface area contributed by atoms with Crippen LogP contribution in [0.15, 0.2) is 48.0 Å². The zero-order chi connectivity index (χ0) is 35.6. The molecule has 0 aliphatic carbocycles. The molecule has 6 rings (SSSR count). The molecule has 2 aromatic heterocycles. The number of thiophene rings is 1. The zero-order valence-electron chi connectivity index (χ0n) is 27.0. The van der Waals surface area contributed by atoms with Gasteiger partial charge in [0.15, 0.2) is 0 Å². The number of carbonyl (C=O) groups excluding carboxylic acids is 3. The number of aromatic nitrogens is 1. The molecule has 2 aromatic carbocycles. The van der Waals surface area contributed by atoms with Gasteiger partial charge in [-0.3, -0.25) is 24.2 Å². The van der Waals surface area contributed by atoms with E-state index in [4.69, 9.17) is 27.9 Å². The van der Waals surface area contributed by atoms with Gasteiger partial charge in [0.2, 0.25) is 5.91 Å². The molecular weight excluding hydrogens is 734 g/mol. The Labute approximate surface area is 304 Å². The van der Waals surface area contributed by atoms with Gasteiger partial charge >= 0.3 is 12.1 Å². The summed E-state index contributed by atoms with van der Waals surface area (Å²) in [4.78, 5) is 49.7. The predicted octanol–water partition coefficient (Wildman–Crippen LogP) is 7.09. The predicted molar refractivity (Wildman–Crippen MR) is 189 cm³/mol. The first-order valence-electron chi connectivity index (χ1n) is 16.0. The van der Waals surface area contributed by atoms with Crippen molar-refractivity contribution in [2.24, 2.45) is 0 Å². The molecular formula is C34H34Cl2F3N5O4S2. The van der Waals surface area contributed by atoms with Gasteiger partial charge in [0.1, 0.15) is 5.01 Å². The lowest BCUT2D eigenvalue weighted by Gasteiger charge is -2.38. The molecule has 16 heteroatoms. The van der Waals surface area contributed by atoms with Crippen LogP contribution in [-0.4, -0.2) is 96.1 Å². The number of carbonyl (C=O) groups is 3. The number of aryl methyl sites for hydroxylation is 1. The monoisotopic (exact) mass is 767 g/mol. The van der Waals surface area contributed by atoms with Crippen LogP contribution in [0.4, 0.5) is 18.9 Å². The average molecular weight is 769 g/mol.